The molecule has 0 amide bonds. The van der Waals surface area contributed by atoms with Crippen molar-refractivity contribution in [3.8, 4) is 0 Å². The van der Waals surface area contributed by atoms with Crippen molar-refractivity contribution in [3.05, 3.63) is 0 Å². The van der Waals surface area contributed by atoms with Gasteiger partial charge in [0, 0.05) is 16.1 Å². The van der Waals surface area contributed by atoms with Crippen LogP contribution in [0.15, 0.2) is 0 Å². The lowest BCUT2D eigenvalue weighted by molar-refractivity contribution is 0.495. The van der Waals surface area contributed by atoms with Crippen molar-refractivity contribution < 1.29 is 0 Å². The minimum absolute atomic E-state index is 0.475. The standard InChI is InChI=1S/C8H22Si3/c1-11(2,10-9)8-6-4-3-5-7-8/h8H,3-7,10H2,1-2,9H3. The summed E-state index contributed by atoms with van der Waals surface area (Å²) in [6.07, 6.45) is 7.85. The molecule has 0 spiro atoms. The second kappa shape index (κ2) is 4.05. The molecule has 0 unspecified atom stereocenters. The van der Waals surface area contributed by atoms with Gasteiger partial charge in [0.1, 0.15) is 0 Å². The molecular formula is C8H22Si3. The van der Waals surface area contributed by atoms with E-state index in [1.165, 1.54) is 12.0 Å². The highest BCUT2D eigenvalue weighted by Gasteiger charge is 2.30. The zero-order valence-electron chi connectivity index (χ0n) is 8.32. The third-order valence-corrected chi connectivity index (χ3v) is 31.8. The van der Waals surface area contributed by atoms with Gasteiger partial charge in [-0.2, -0.15) is 0 Å². The first kappa shape index (κ1) is 9.74. The SMILES string of the molecule is C[Si](C)([SiH2][SiH3])C1CCCCC1. The highest BCUT2D eigenvalue weighted by atomic mass is 29.5. The number of hydrogen-bond donors (Lipinski definition) is 0. The molecule has 1 aliphatic carbocycles. The van der Waals surface area contributed by atoms with Crippen molar-refractivity contribution in [1.29, 1.82) is 0 Å². The van der Waals surface area contributed by atoms with E-state index in [2.05, 4.69) is 13.1 Å². The van der Waals surface area contributed by atoms with Crippen molar-refractivity contribution >= 4 is 25.9 Å². The summed E-state index contributed by atoms with van der Waals surface area (Å²) in [7, 11) is 1.48. The molecule has 0 aromatic heterocycles. The van der Waals surface area contributed by atoms with Gasteiger partial charge in [0.05, 0.1) is 0 Å². The highest BCUT2D eigenvalue weighted by Crippen LogP contribution is 2.35. The molecule has 0 heterocycles. The second-order valence-corrected chi connectivity index (χ2v) is 24.1. The lowest BCUT2D eigenvalue weighted by Gasteiger charge is -2.34. The molecule has 0 aliphatic heterocycles. The quantitative estimate of drug-likeness (QED) is 0.586. The first-order valence-electron chi connectivity index (χ1n) is 5.17. The van der Waals surface area contributed by atoms with Gasteiger partial charge in [0.15, 0.2) is 0 Å². The zero-order chi connectivity index (χ0) is 8.32. The molecule has 1 fully saturated rings. The Morgan fingerprint density at radius 3 is 2.18 bits per heavy atom. The van der Waals surface area contributed by atoms with Gasteiger partial charge >= 0.3 is 0 Å². The Morgan fingerprint density at radius 1 is 1.18 bits per heavy atom. The van der Waals surface area contributed by atoms with Gasteiger partial charge in [-0.3, -0.25) is 0 Å². The summed E-state index contributed by atoms with van der Waals surface area (Å²) in [5.74, 6) is 0. The molecule has 0 N–H and O–H groups in total. The van der Waals surface area contributed by atoms with E-state index in [9.17, 15) is 0 Å². The maximum Gasteiger partial charge on any atom is 0.0337 e. The smallest absolute Gasteiger partial charge is 0.0337 e. The molecule has 11 heavy (non-hydrogen) atoms. The van der Waals surface area contributed by atoms with Crippen molar-refractivity contribution in [3.63, 3.8) is 0 Å². The van der Waals surface area contributed by atoms with E-state index >= 15 is 0 Å². The van der Waals surface area contributed by atoms with Gasteiger partial charge in [0.25, 0.3) is 0 Å². The van der Waals surface area contributed by atoms with Gasteiger partial charge in [-0.05, 0) is 15.3 Å². The largest absolute Gasteiger partial charge is 0.0718 e. The van der Waals surface area contributed by atoms with Gasteiger partial charge in [-0.25, -0.2) is 0 Å². The minimum Gasteiger partial charge on any atom is -0.0718 e. The first-order valence-corrected chi connectivity index (χ1v) is 16.2. The monoisotopic (exact) mass is 202 g/mol. The van der Waals surface area contributed by atoms with Crippen LogP contribution >= 0.6 is 0 Å². The molecular weight excluding hydrogens is 180 g/mol. The minimum atomic E-state index is -0.576. The van der Waals surface area contributed by atoms with E-state index < -0.39 is 7.59 Å². The Hall–Kier alpha value is 0.651. The van der Waals surface area contributed by atoms with Gasteiger partial charge in [-0.15, -0.1) is 0 Å². The second-order valence-electron chi connectivity index (χ2n) is 4.68. The van der Waals surface area contributed by atoms with Crippen LogP contribution in [0.3, 0.4) is 0 Å². The fourth-order valence-corrected chi connectivity index (χ4v) is 12.9. The molecule has 0 radical (unpaired) electrons. The lowest BCUT2D eigenvalue weighted by atomic mass is 10.0. The Morgan fingerprint density at radius 2 is 1.73 bits per heavy atom. The first-order chi connectivity index (χ1) is 5.17. The normalized spacial score (nSPS) is 23.5. The molecule has 66 valence electrons. The van der Waals surface area contributed by atoms with Crippen molar-refractivity contribution in [2.45, 2.75) is 50.7 Å². The average molecular weight is 203 g/mol. The van der Waals surface area contributed by atoms with Gasteiger partial charge < -0.3 is 0 Å². The van der Waals surface area contributed by atoms with E-state index in [1.807, 2.05) is 0 Å². The van der Waals surface area contributed by atoms with Gasteiger partial charge in [0.2, 0.25) is 0 Å². The molecule has 1 aliphatic rings. The van der Waals surface area contributed by atoms with E-state index in [0.717, 1.165) is 0 Å². The Balaban J connectivity index is 2.43. The summed E-state index contributed by atoms with van der Waals surface area (Å²) in [6.45, 7) is 5.34. The van der Waals surface area contributed by atoms with Crippen molar-refractivity contribution in [1.82, 2.24) is 0 Å². The van der Waals surface area contributed by atoms with Crippen LogP contribution in [0.1, 0.15) is 32.1 Å². The number of hydrogen-bond acceptors (Lipinski definition) is 0. The van der Waals surface area contributed by atoms with Crippen LogP contribution in [0.2, 0.25) is 18.6 Å². The van der Waals surface area contributed by atoms with E-state index in [0.29, 0.717) is 8.55 Å². The van der Waals surface area contributed by atoms with Crippen molar-refractivity contribution in [2.75, 3.05) is 0 Å². The average Bonchev–Trinajstić information content (AvgIpc) is 2.06. The molecule has 0 aromatic carbocycles. The summed E-state index contributed by atoms with van der Waals surface area (Å²) < 4.78 is 0. The highest BCUT2D eigenvalue weighted by molar-refractivity contribution is 7.39. The molecule has 0 bridgehead atoms. The van der Waals surface area contributed by atoms with E-state index in [4.69, 9.17) is 0 Å². The van der Waals surface area contributed by atoms with Gasteiger partial charge in [-0.1, -0.05) is 45.2 Å². The summed E-state index contributed by atoms with van der Waals surface area (Å²) in [5.41, 5.74) is 1.25. The molecule has 0 atom stereocenters. The molecule has 1 rings (SSSR count). The zero-order valence-corrected chi connectivity index (χ0v) is 12.7. The van der Waals surface area contributed by atoms with Crippen LogP contribution < -0.4 is 0 Å². The Kier molecular flexibility index (Phi) is 3.58. The van der Waals surface area contributed by atoms with Crippen LogP contribution in [0.25, 0.3) is 0 Å². The fraction of sp³-hybridized carbons (Fsp3) is 1.00. The summed E-state index contributed by atoms with van der Waals surface area (Å²) >= 11 is 0. The molecule has 3 heteroatoms. The number of rotatable bonds is 2. The van der Waals surface area contributed by atoms with Crippen LogP contribution in [0.4, 0.5) is 0 Å². The van der Waals surface area contributed by atoms with E-state index in [1.54, 1.807) is 35.4 Å². The summed E-state index contributed by atoms with van der Waals surface area (Å²) in [5, 5.41) is 0. The predicted molar refractivity (Wildman–Crippen MR) is 62.8 cm³/mol. The van der Waals surface area contributed by atoms with Crippen LogP contribution in [0.5, 0.6) is 0 Å². The third kappa shape index (κ3) is 2.56. The maximum atomic E-state index is 2.67. The van der Waals surface area contributed by atoms with Crippen molar-refractivity contribution in [2.24, 2.45) is 0 Å². The summed E-state index contributed by atoms with van der Waals surface area (Å²) in [4.78, 5) is 0. The Bertz CT molecular complexity index is 117. The molecule has 0 saturated heterocycles. The molecule has 0 nitrogen and oxygen atoms in total. The predicted octanol–water partition coefficient (Wildman–Crippen LogP) is 0.975. The fourth-order valence-electron chi connectivity index (χ4n) is 2.17. The third-order valence-electron chi connectivity index (χ3n) is 3.62. The molecule has 0 aromatic rings. The lowest BCUT2D eigenvalue weighted by Crippen LogP contribution is -2.41. The van der Waals surface area contributed by atoms with Crippen LogP contribution in [0, 0.1) is 0 Å². The van der Waals surface area contributed by atoms with Crippen LogP contribution in [-0.4, -0.2) is 25.9 Å². The Labute approximate surface area is 77.0 Å². The molecule has 1 saturated carbocycles. The summed E-state index contributed by atoms with van der Waals surface area (Å²) in [6, 6.07) is 0. The van der Waals surface area contributed by atoms with E-state index in [-0.39, 0.29) is 0 Å². The maximum absolute atomic E-state index is 2.67. The van der Waals surface area contributed by atoms with Crippen LogP contribution in [-0.2, 0) is 0 Å². The topological polar surface area (TPSA) is 0 Å².